The first kappa shape index (κ1) is 11.8. The number of aliphatic carboxylic acids is 1. The van der Waals surface area contributed by atoms with Gasteiger partial charge in [-0.25, -0.2) is 4.79 Å². The van der Waals surface area contributed by atoms with Gasteiger partial charge in [-0.05, 0) is 12.1 Å². The van der Waals surface area contributed by atoms with Gasteiger partial charge in [0.15, 0.2) is 6.10 Å². The molecule has 0 fully saturated rings. The lowest BCUT2D eigenvalue weighted by atomic mass is 10.0. The number of benzene rings is 1. The van der Waals surface area contributed by atoms with Crippen molar-refractivity contribution in [3.05, 3.63) is 28.8 Å². The lowest BCUT2D eigenvalue weighted by Gasteiger charge is -2.16. The van der Waals surface area contributed by atoms with Crippen LogP contribution in [0.4, 0.5) is 5.69 Å². The van der Waals surface area contributed by atoms with E-state index in [9.17, 15) is 9.90 Å². The first-order valence-electron chi connectivity index (χ1n) is 4.07. The summed E-state index contributed by atoms with van der Waals surface area (Å²) in [5.74, 6) is -1.52. The highest BCUT2D eigenvalue weighted by molar-refractivity contribution is 6.30. The Labute approximate surface area is 90.7 Å². The van der Waals surface area contributed by atoms with Crippen molar-refractivity contribution in [3.63, 3.8) is 0 Å². The van der Waals surface area contributed by atoms with E-state index < -0.39 is 18.2 Å². The van der Waals surface area contributed by atoms with E-state index >= 15 is 0 Å². The van der Waals surface area contributed by atoms with E-state index in [1.165, 1.54) is 18.2 Å². The van der Waals surface area contributed by atoms with Gasteiger partial charge in [0.2, 0.25) is 0 Å². The summed E-state index contributed by atoms with van der Waals surface area (Å²) in [6, 6.07) is 4.19. The quantitative estimate of drug-likeness (QED) is 0.564. The normalized spacial score (nSPS) is 14.6. The summed E-state index contributed by atoms with van der Waals surface area (Å²) in [5, 5.41) is 27.4. The molecular weight excluding hydrogens is 222 g/mol. The minimum absolute atomic E-state index is 0.134. The summed E-state index contributed by atoms with van der Waals surface area (Å²) < 4.78 is 0. The summed E-state index contributed by atoms with van der Waals surface area (Å²) in [7, 11) is 0. The van der Waals surface area contributed by atoms with Crippen LogP contribution in [-0.2, 0) is 4.79 Å². The van der Waals surface area contributed by atoms with Crippen molar-refractivity contribution >= 4 is 23.3 Å². The zero-order valence-electron chi connectivity index (χ0n) is 7.59. The summed E-state index contributed by atoms with van der Waals surface area (Å²) in [4.78, 5) is 10.4. The van der Waals surface area contributed by atoms with Gasteiger partial charge in [-0.2, -0.15) is 0 Å². The van der Waals surface area contributed by atoms with E-state index in [2.05, 4.69) is 0 Å². The molecule has 0 aromatic heterocycles. The number of aliphatic hydroxyl groups is 2. The van der Waals surface area contributed by atoms with Crippen LogP contribution in [-0.4, -0.2) is 27.4 Å². The molecule has 0 aliphatic carbocycles. The molecule has 1 aromatic carbocycles. The number of hydrogen-bond donors (Lipinski definition) is 4. The van der Waals surface area contributed by atoms with Crippen molar-refractivity contribution in [2.24, 2.45) is 0 Å². The fourth-order valence-electron chi connectivity index (χ4n) is 1.12. The molecule has 1 aromatic rings. The van der Waals surface area contributed by atoms with Crippen LogP contribution in [0.15, 0.2) is 18.2 Å². The molecular formula is C9H10ClNO4. The van der Waals surface area contributed by atoms with E-state index in [-0.39, 0.29) is 11.3 Å². The third-order valence-electron chi connectivity index (χ3n) is 1.92. The third kappa shape index (κ3) is 2.59. The van der Waals surface area contributed by atoms with Crippen LogP contribution in [0.2, 0.25) is 5.02 Å². The van der Waals surface area contributed by atoms with Gasteiger partial charge in [0.05, 0.1) is 0 Å². The van der Waals surface area contributed by atoms with E-state index in [1.54, 1.807) is 0 Å². The smallest absolute Gasteiger partial charge is 0.335 e. The monoisotopic (exact) mass is 231 g/mol. The maximum atomic E-state index is 10.4. The van der Waals surface area contributed by atoms with E-state index in [0.717, 1.165) is 0 Å². The number of halogens is 1. The van der Waals surface area contributed by atoms with Gasteiger partial charge in [-0.1, -0.05) is 17.7 Å². The maximum Gasteiger partial charge on any atom is 0.335 e. The Morgan fingerprint density at radius 2 is 2.00 bits per heavy atom. The fraction of sp³-hybridized carbons (Fsp3) is 0.222. The molecule has 0 amide bonds. The number of rotatable bonds is 3. The summed E-state index contributed by atoms with van der Waals surface area (Å²) >= 11 is 5.62. The van der Waals surface area contributed by atoms with E-state index in [1.807, 2.05) is 0 Å². The molecule has 0 heterocycles. The average Bonchev–Trinajstić information content (AvgIpc) is 2.15. The minimum atomic E-state index is -1.91. The number of carboxylic acids is 1. The number of nitrogen functional groups attached to an aromatic ring is 1. The molecule has 0 aliphatic rings. The Morgan fingerprint density at radius 1 is 1.40 bits per heavy atom. The second-order valence-corrected chi connectivity index (χ2v) is 3.44. The van der Waals surface area contributed by atoms with Gasteiger partial charge in [-0.15, -0.1) is 0 Å². The number of carbonyl (C=O) groups is 1. The predicted octanol–water partition coefficient (Wildman–Crippen LogP) is 0.401. The van der Waals surface area contributed by atoms with Gasteiger partial charge in [0.25, 0.3) is 0 Å². The van der Waals surface area contributed by atoms with Crippen molar-refractivity contribution < 1.29 is 20.1 Å². The zero-order valence-corrected chi connectivity index (χ0v) is 8.35. The van der Waals surface area contributed by atoms with Crippen molar-refractivity contribution in [1.29, 1.82) is 0 Å². The highest BCUT2D eigenvalue weighted by atomic mass is 35.5. The van der Waals surface area contributed by atoms with Gasteiger partial charge < -0.3 is 21.1 Å². The average molecular weight is 232 g/mol. The molecule has 0 saturated carbocycles. The van der Waals surface area contributed by atoms with Crippen LogP contribution in [0.5, 0.6) is 0 Å². The van der Waals surface area contributed by atoms with Crippen LogP contribution < -0.4 is 5.73 Å². The lowest BCUT2D eigenvalue weighted by Crippen LogP contribution is -2.28. The minimum Gasteiger partial charge on any atom is -0.479 e. The zero-order chi connectivity index (χ0) is 11.6. The van der Waals surface area contributed by atoms with Crippen LogP contribution in [0.3, 0.4) is 0 Å². The maximum absolute atomic E-state index is 10.4. The van der Waals surface area contributed by atoms with Crippen molar-refractivity contribution in [2.45, 2.75) is 12.2 Å². The predicted molar refractivity (Wildman–Crippen MR) is 54.5 cm³/mol. The molecule has 6 heteroatoms. The van der Waals surface area contributed by atoms with Crippen molar-refractivity contribution in [3.8, 4) is 0 Å². The van der Waals surface area contributed by atoms with Gasteiger partial charge >= 0.3 is 5.97 Å². The number of nitrogens with two attached hydrogens (primary N) is 1. The third-order valence-corrected chi connectivity index (χ3v) is 2.15. The number of aliphatic hydroxyl groups excluding tert-OH is 2. The number of hydrogen-bond acceptors (Lipinski definition) is 4. The standard InChI is InChI=1S/C9H10ClNO4/c10-4-1-2-5(6(11)3-4)7(12)8(13)9(14)15/h1-3,7-8,12-13H,11H2,(H,14,15). The van der Waals surface area contributed by atoms with Gasteiger partial charge in [0.1, 0.15) is 6.10 Å². The van der Waals surface area contributed by atoms with Crippen LogP contribution in [0, 0.1) is 0 Å². The van der Waals surface area contributed by atoms with Gasteiger partial charge in [-0.3, -0.25) is 0 Å². The topological polar surface area (TPSA) is 104 Å². The Bertz CT molecular complexity index is 382. The molecule has 1 rings (SSSR count). The second kappa shape index (κ2) is 4.48. The number of anilines is 1. The molecule has 0 saturated heterocycles. The molecule has 5 N–H and O–H groups in total. The van der Waals surface area contributed by atoms with Crippen molar-refractivity contribution in [1.82, 2.24) is 0 Å². The molecule has 2 atom stereocenters. The lowest BCUT2D eigenvalue weighted by molar-refractivity contribution is -0.153. The van der Waals surface area contributed by atoms with Crippen molar-refractivity contribution in [2.75, 3.05) is 5.73 Å². The summed E-state index contributed by atoms with van der Waals surface area (Å²) in [5.41, 5.74) is 5.78. The Morgan fingerprint density at radius 3 is 2.47 bits per heavy atom. The molecule has 0 spiro atoms. The Balaban J connectivity index is 3.01. The Hall–Kier alpha value is -1.30. The molecule has 82 valence electrons. The highest BCUT2D eigenvalue weighted by Gasteiger charge is 2.26. The Kier molecular flexibility index (Phi) is 3.52. The second-order valence-electron chi connectivity index (χ2n) is 3.00. The van der Waals surface area contributed by atoms with E-state index in [4.69, 9.17) is 27.5 Å². The van der Waals surface area contributed by atoms with Crippen LogP contribution in [0.1, 0.15) is 11.7 Å². The van der Waals surface area contributed by atoms with Crippen LogP contribution in [0.25, 0.3) is 0 Å². The molecule has 15 heavy (non-hydrogen) atoms. The van der Waals surface area contributed by atoms with Gasteiger partial charge in [0, 0.05) is 16.3 Å². The molecule has 5 nitrogen and oxygen atoms in total. The SMILES string of the molecule is Nc1cc(Cl)ccc1C(O)C(O)C(=O)O. The fourth-order valence-corrected chi connectivity index (χ4v) is 1.30. The van der Waals surface area contributed by atoms with Crippen LogP contribution >= 0.6 is 11.6 Å². The molecule has 2 unspecified atom stereocenters. The summed E-state index contributed by atoms with van der Waals surface area (Å²) in [6.45, 7) is 0. The molecule has 0 bridgehead atoms. The summed E-state index contributed by atoms with van der Waals surface area (Å²) in [6.07, 6.45) is -3.48. The highest BCUT2D eigenvalue weighted by Crippen LogP contribution is 2.26. The molecule has 0 radical (unpaired) electrons. The first-order chi connectivity index (χ1) is 6.93. The largest absolute Gasteiger partial charge is 0.479 e. The number of carboxylic acid groups (broad SMARTS) is 1. The molecule has 0 aliphatic heterocycles. The van der Waals surface area contributed by atoms with E-state index in [0.29, 0.717) is 5.02 Å². The first-order valence-corrected chi connectivity index (χ1v) is 4.45.